The molecule has 0 aromatic heterocycles. The van der Waals surface area contributed by atoms with Crippen LogP contribution in [0.5, 0.6) is 0 Å². The Morgan fingerprint density at radius 2 is 2.15 bits per heavy atom. The van der Waals surface area contributed by atoms with Gasteiger partial charge in [0.25, 0.3) is 0 Å². The Morgan fingerprint density at radius 1 is 1.46 bits per heavy atom. The van der Waals surface area contributed by atoms with E-state index in [0.717, 1.165) is 0 Å². The Hall–Kier alpha value is -1.13. The van der Waals surface area contributed by atoms with Crippen molar-refractivity contribution in [3.8, 4) is 0 Å². The smallest absolute Gasteiger partial charge is 0.303 e. The van der Waals surface area contributed by atoms with E-state index in [1.807, 2.05) is 0 Å². The second-order valence-electron chi connectivity index (χ2n) is 2.96. The Kier molecular flexibility index (Phi) is 3.22. The van der Waals surface area contributed by atoms with Crippen molar-refractivity contribution in [2.45, 2.75) is 25.0 Å². The minimum absolute atomic E-state index is 0.0244. The van der Waals surface area contributed by atoms with Crippen LogP contribution in [0.4, 0.5) is 0 Å². The normalized spacial score (nSPS) is 27.1. The van der Waals surface area contributed by atoms with E-state index < -0.39 is 18.2 Å². The first-order chi connectivity index (χ1) is 6.11. The van der Waals surface area contributed by atoms with Crippen LogP contribution in [0.1, 0.15) is 12.8 Å². The third kappa shape index (κ3) is 2.68. The largest absolute Gasteiger partial charge is 0.481 e. The van der Waals surface area contributed by atoms with Crippen LogP contribution in [0.2, 0.25) is 0 Å². The van der Waals surface area contributed by atoms with Gasteiger partial charge in [-0.3, -0.25) is 4.79 Å². The zero-order valence-corrected chi connectivity index (χ0v) is 7.05. The van der Waals surface area contributed by atoms with Crippen LogP contribution in [0.25, 0.3) is 0 Å². The van der Waals surface area contributed by atoms with E-state index in [4.69, 9.17) is 5.11 Å². The van der Waals surface area contributed by atoms with Crippen LogP contribution in [-0.2, 0) is 4.79 Å². The summed E-state index contributed by atoms with van der Waals surface area (Å²) in [5.74, 6) is -0.905. The van der Waals surface area contributed by atoms with Crippen LogP contribution in [0, 0.1) is 0 Å². The van der Waals surface area contributed by atoms with Crippen molar-refractivity contribution in [1.29, 1.82) is 0 Å². The summed E-state index contributed by atoms with van der Waals surface area (Å²) in [6.07, 6.45) is 3.11. The SMILES string of the molecule is O=C(O)CCC1=CC=C[C@@H](O)[C@H]1O. The molecule has 0 spiro atoms. The summed E-state index contributed by atoms with van der Waals surface area (Å²) in [7, 11) is 0. The molecule has 0 aromatic carbocycles. The average molecular weight is 184 g/mol. The van der Waals surface area contributed by atoms with E-state index in [1.54, 1.807) is 12.2 Å². The van der Waals surface area contributed by atoms with Crippen LogP contribution in [0.3, 0.4) is 0 Å². The van der Waals surface area contributed by atoms with Gasteiger partial charge < -0.3 is 15.3 Å². The van der Waals surface area contributed by atoms with Crippen LogP contribution >= 0.6 is 0 Å². The molecule has 0 aliphatic heterocycles. The minimum atomic E-state index is -0.954. The number of allylic oxidation sites excluding steroid dienone is 2. The number of aliphatic carboxylic acids is 1. The zero-order chi connectivity index (χ0) is 9.84. The Balaban J connectivity index is 2.53. The van der Waals surface area contributed by atoms with Gasteiger partial charge in [-0.1, -0.05) is 18.2 Å². The summed E-state index contributed by atoms with van der Waals surface area (Å²) in [4.78, 5) is 10.2. The van der Waals surface area contributed by atoms with Gasteiger partial charge in [-0.05, 0) is 12.0 Å². The van der Waals surface area contributed by atoms with Crippen molar-refractivity contribution >= 4 is 5.97 Å². The molecule has 0 radical (unpaired) electrons. The topological polar surface area (TPSA) is 77.8 Å². The van der Waals surface area contributed by atoms with E-state index in [1.165, 1.54) is 6.08 Å². The maximum atomic E-state index is 10.2. The summed E-state index contributed by atoms with van der Waals surface area (Å²) in [6, 6.07) is 0. The number of hydrogen-bond acceptors (Lipinski definition) is 3. The highest BCUT2D eigenvalue weighted by Crippen LogP contribution is 2.18. The summed E-state index contributed by atoms with van der Waals surface area (Å²) in [5.41, 5.74) is 0.567. The van der Waals surface area contributed by atoms with Crippen LogP contribution < -0.4 is 0 Å². The highest BCUT2D eigenvalue weighted by atomic mass is 16.4. The van der Waals surface area contributed by atoms with Crippen molar-refractivity contribution in [2.75, 3.05) is 0 Å². The Morgan fingerprint density at radius 3 is 2.77 bits per heavy atom. The maximum Gasteiger partial charge on any atom is 0.303 e. The molecule has 0 amide bonds. The lowest BCUT2D eigenvalue weighted by Gasteiger charge is -2.20. The third-order valence-corrected chi connectivity index (χ3v) is 1.95. The van der Waals surface area contributed by atoms with Crippen molar-refractivity contribution in [1.82, 2.24) is 0 Å². The van der Waals surface area contributed by atoms with E-state index in [2.05, 4.69) is 0 Å². The summed E-state index contributed by atoms with van der Waals surface area (Å²) < 4.78 is 0. The number of carboxylic acid groups (broad SMARTS) is 1. The lowest BCUT2D eigenvalue weighted by Crippen LogP contribution is -2.28. The first kappa shape index (κ1) is 9.95. The molecule has 13 heavy (non-hydrogen) atoms. The highest BCUT2D eigenvalue weighted by Gasteiger charge is 2.20. The summed E-state index contributed by atoms with van der Waals surface area (Å²) >= 11 is 0. The van der Waals surface area contributed by atoms with Gasteiger partial charge >= 0.3 is 5.97 Å². The van der Waals surface area contributed by atoms with E-state index in [0.29, 0.717) is 5.57 Å². The van der Waals surface area contributed by atoms with E-state index in [-0.39, 0.29) is 12.8 Å². The van der Waals surface area contributed by atoms with E-state index >= 15 is 0 Å². The summed E-state index contributed by atoms with van der Waals surface area (Å²) in [6.45, 7) is 0. The fraction of sp³-hybridized carbons (Fsp3) is 0.444. The van der Waals surface area contributed by atoms with Crippen LogP contribution in [-0.4, -0.2) is 33.5 Å². The first-order valence-corrected chi connectivity index (χ1v) is 4.06. The average Bonchev–Trinajstić information content (AvgIpc) is 2.07. The van der Waals surface area contributed by atoms with Crippen molar-refractivity contribution in [3.05, 3.63) is 23.8 Å². The fourth-order valence-electron chi connectivity index (χ4n) is 1.20. The number of hydrogen-bond donors (Lipinski definition) is 3. The molecule has 72 valence electrons. The Bertz CT molecular complexity index is 254. The molecule has 4 nitrogen and oxygen atoms in total. The highest BCUT2D eigenvalue weighted by molar-refractivity contribution is 5.67. The predicted molar refractivity (Wildman–Crippen MR) is 46.1 cm³/mol. The van der Waals surface area contributed by atoms with Gasteiger partial charge in [-0.15, -0.1) is 0 Å². The molecule has 2 atom stereocenters. The third-order valence-electron chi connectivity index (χ3n) is 1.95. The Labute approximate surface area is 75.8 Å². The molecule has 0 saturated heterocycles. The predicted octanol–water partition coefficient (Wildman–Crippen LogP) is 0.0692. The van der Waals surface area contributed by atoms with Crippen molar-refractivity contribution in [3.63, 3.8) is 0 Å². The number of carbonyl (C=O) groups is 1. The molecule has 0 unspecified atom stereocenters. The molecule has 0 bridgehead atoms. The van der Waals surface area contributed by atoms with Gasteiger partial charge in [-0.25, -0.2) is 0 Å². The molecule has 0 heterocycles. The van der Waals surface area contributed by atoms with Crippen molar-refractivity contribution < 1.29 is 20.1 Å². The molecular weight excluding hydrogens is 172 g/mol. The zero-order valence-electron chi connectivity index (χ0n) is 7.05. The fourth-order valence-corrected chi connectivity index (χ4v) is 1.20. The minimum Gasteiger partial charge on any atom is -0.481 e. The van der Waals surface area contributed by atoms with Gasteiger partial charge in [-0.2, -0.15) is 0 Å². The molecule has 3 N–H and O–H groups in total. The quantitative estimate of drug-likeness (QED) is 0.580. The second kappa shape index (κ2) is 4.20. The molecule has 0 saturated carbocycles. The standard InChI is InChI=1S/C9H12O4/c10-7-3-1-2-6(9(7)13)4-5-8(11)12/h1-3,7,9-10,13H,4-5H2,(H,11,12)/t7-,9+/m1/s1. The van der Waals surface area contributed by atoms with E-state index in [9.17, 15) is 15.0 Å². The second-order valence-corrected chi connectivity index (χ2v) is 2.96. The van der Waals surface area contributed by atoms with Gasteiger partial charge in [0, 0.05) is 6.42 Å². The van der Waals surface area contributed by atoms with Gasteiger partial charge in [0.2, 0.25) is 0 Å². The van der Waals surface area contributed by atoms with Crippen LogP contribution in [0.15, 0.2) is 23.8 Å². The number of rotatable bonds is 3. The molecule has 0 aromatic rings. The van der Waals surface area contributed by atoms with Gasteiger partial charge in [0.1, 0.15) is 12.2 Å². The summed E-state index contributed by atoms with van der Waals surface area (Å²) in [5, 5.41) is 27.0. The molecule has 1 rings (SSSR count). The number of carboxylic acids is 1. The van der Waals surface area contributed by atoms with Gasteiger partial charge in [0.15, 0.2) is 0 Å². The molecule has 0 fully saturated rings. The lowest BCUT2D eigenvalue weighted by atomic mass is 9.95. The molecule has 1 aliphatic rings. The van der Waals surface area contributed by atoms with Crippen molar-refractivity contribution in [2.24, 2.45) is 0 Å². The first-order valence-electron chi connectivity index (χ1n) is 4.06. The molecule has 1 aliphatic carbocycles. The molecular formula is C9H12O4. The number of aliphatic hydroxyl groups is 2. The molecule has 4 heteroatoms. The lowest BCUT2D eigenvalue weighted by molar-refractivity contribution is -0.137. The number of aliphatic hydroxyl groups excluding tert-OH is 2. The maximum absolute atomic E-state index is 10.2. The van der Waals surface area contributed by atoms with Gasteiger partial charge in [0.05, 0.1) is 0 Å². The monoisotopic (exact) mass is 184 g/mol.